The number of imidazole rings is 1. The highest BCUT2D eigenvalue weighted by Gasteiger charge is 2.34. The van der Waals surface area contributed by atoms with Gasteiger partial charge in [0.2, 0.25) is 0 Å². The Morgan fingerprint density at radius 3 is 2.55 bits per heavy atom. The van der Waals surface area contributed by atoms with Gasteiger partial charge in [0.1, 0.15) is 22.8 Å². The van der Waals surface area contributed by atoms with Crippen LogP contribution < -0.4 is 5.48 Å². The zero-order chi connectivity index (χ0) is 28.8. The van der Waals surface area contributed by atoms with Crippen LogP contribution in [0.4, 0.5) is 13.2 Å². The second kappa shape index (κ2) is 10.1. The topological polar surface area (TPSA) is 133 Å². The summed E-state index contributed by atoms with van der Waals surface area (Å²) < 4.78 is 68.3. The van der Waals surface area contributed by atoms with Crippen LogP contribution in [-0.2, 0) is 34.5 Å². The lowest BCUT2D eigenvalue weighted by molar-refractivity contribution is -0.141. The first-order valence-electron chi connectivity index (χ1n) is 11.6. The molecular weight excluding hydrogens is 575 g/mol. The summed E-state index contributed by atoms with van der Waals surface area (Å²) in [5.74, 6) is -1.12. The lowest BCUT2D eigenvalue weighted by atomic mass is 10.2. The normalized spacial score (nSPS) is 12.3. The van der Waals surface area contributed by atoms with Crippen molar-refractivity contribution in [3.05, 3.63) is 70.8 Å². The number of hydrogen-bond acceptors (Lipinski definition) is 8. The van der Waals surface area contributed by atoms with Gasteiger partial charge in [-0.25, -0.2) is 33.4 Å². The first-order valence-corrected chi connectivity index (χ1v) is 13.6. The SMILES string of the molecule is CCS(=O)(=O)c1nn2c(C(=O)NOCc3ccc(Cl)cc3)ccnc2c1-c1nc2cc(C(F)(F)F)ncc2n1C. The number of benzene rings is 1. The average molecular weight is 594 g/mol. The van der Waals surface area contributed by atoms with Gasteiger partial charge in [-0.15, -0.1) is 0 Å². The van der Waals surface area contributed by atoms with Crippen LogP contribution in [0.2, 0.25) is 5.02 Å². The van der Waals surface area contributed by atoms with Gasteiger partial charge in [0.25, 0.3) is 5.91 Å². The number of carbonyl (C=O) groups excluding carboxylic acids is 1. The largest absolute Gasteiger partial charge is 0.433 e. The van der Waals surface area contributed by atoms with Crippen molar-refractivity contribution < 1.29 is 31.2 Å². The molecule has 0 spiro atoms. The molecule has 4 heterocycles. The van der Waals surface area contributed by atoms with Crippen LogP contribution in [0.3, 0.4) is 0 Å². The van der Waals surface area contributed by atoms with E-state index in [0.717, 1.165) is 22.3 Å². The number of nitrogens with one attached hydrogen (secondary N) is 1. The molecule has 4 aromatic heterocycles. The maximum absolute atomic E-state index is 13.2. The highest BCUT2D eigenvalue weighted by atomic mass is 35.5. The Balaban J connectivity index is 1.60. The molecule has 1 amide bonds. The number of hydrogen-bond donors (Lipinski definition) is 1. The van der Waals surface area contributed by atoms with E-state index < -0.39 is 32.6 Å². The molecule has 1 N–H and O–H groups in total. The first-order chi connectivity index (χ1) is 18.9. The van der Waals surface area contributed by atoms with Crippen molar-refractivity contribution in [3.8, 4) is 11.4 Å². The van der Waals surface area contributed by atoms with Crippen LogP contribution in [0, 0.1) is 0 Å². The zero-order valence-electron chi connectivity index (χ0n) is 20.8. The molecule has 0 bridgehead atoms. The number of fused-ring (bicyclic) bond motifs is 2. The zero-order valence-corrected chi connectivity index (χ0v) is 22.3. The quantitative estimate of drug-likeness (QED) is 0.280. The molecule has 0 aliphatic heterocycles. The molecule has 0 atom stereocenters. The number of aromatic nitrogens is 6. The molecule has 0 radical (unpaired) electrons. The van der Waals surface area contributed by atoms with Gasteiger partial charge in [-0.1, -0.05) is 30.7 Å². The Morgan fingerprint density at radius 2 is 1.88 bits per heavy atom. The van der Waals surface area contributed by atoms with E-state index in [1.165, 1.54) is 30.8 Å². The molecule has 1 aromatic carbocycles. The summed E-state index contributed by atoms with van der Waals surface area (Å²) in [6.45, 7) is 1.42. The van der Waals surface area contributed by atoms with E-state index in [0.29, 0.717) is 5.02 Å². The number of amides is 1. The monoisotopic (exact) mass is 593 g/mol. The van der Waals surface area contributed by atoms with Gasteiger partial charge in [0.05, 0.1) is 29.6 Å². The third-order valence-electron chi connectivity index (χ3n) is 5.99. The minimum absolute atomic E-state index is 0.0186. The lowest BCUT2D eigenvalue weighted by Crippen LogP contribution is -2.26. The fourth-order valence-corrected chi connectivity index (χ4v) is 5.03. The number of carbonyl (C=O) groups is 1. The van der Waals surface area contributed by atoms with E-state index in [1.807, 2.05) is 0 Å². The number of pyridine rings is 1. The predicted octanol–water partition coefficient (Wildman–Crippen LogP) is 4.01. The number of sulfone groups is 1. The molecule has 5 aromatic rings. The molecule has 208 valence electrons. The molecule has 40 heavy (non-hydrogen) atoms. The summed E-state index contributed by atoms with van der Waals surface area (Å²) in [5.41, 5.74) is 1.76. The van der Waals surface area contributed by atoms with Crippen LogP contribution in [0.1, 0.15) is 28.7 Å². The second-order valence-electron chi connectivity index (χ2n) is 8.55. The van der Waals surface area contributed by atoms with Crippen molar-refractivity contribution in [2.45, 2.75) is 24.7 Å². The molecule has 5 rings (SSSR count). The van der Waals surface area contributed by atoms with Crippen molar-refractivity contribution in [1.29, 1.82) is 0 Å². The molecule has 0 saturated heterocycles. The number of rotatable bonds is 7. The fraction of sp³-hybridized carbons (Fsp3) is 0.208. The summed E-state index contributed by atoms with van der Waals surface area (Å²) in [5, 5.41) is 4.28. The second-order valence-corrected chi connectivity index (χ2v) is 11.2. The Kier molecular flexibility index (Phi) is 6.97. The Morgan fingerprint density at radius 1 is 1.15 bits per heavy atom. The van der Waals surface area contributed by atoms with Crippen molar-refractivity contribution >= 4 is 44.0 Å². The van der Waals surface area contributed by atoms with Gasteiger partial charge in [0.15, 0.2) is 20.5 Å². The van der Waals surface area contributed by atoms with E-state index >= 15 is 0 Å². The molecule has 0 fully saturated rings. The Hall–Kier alpha value is -4.08. The van der Waals surface area contributed by atoms with Crippen LogP contribution in [0.25, 0.3) is 28.1 Å². The fourth-order valence-electron chi connectivity index (χ4n) is 3.93. The highest BCUT2D eigenvalue weighted by molar-refractivity contribution is 7.91. The summed E-state index contributed by atoms with van der Waals surface area (Å²) in [7, 11) is -2.53. The average Bonchev–Trinajstić information content (AvgIpc) is 3.47. The van der Waals surface area contributed by atoms with Gasteiger partial charge in [-0.2, -0.15) is 18.3 Å². The number of nitrogens with zero attached hydrogens (tertiary/aromatic N) is 6. The van der Waals surface area contributed by atoms with E-state index in [4.69, 9.17) is 16.4 Å². The Bertz CT molecular complexity index is 1870. The minimum Gasteiger partial charge on any atom is -0.326 e. The predicted molar refractivity (Wildman–Crippen MR) is 137 cm³/mol. The Labute approximate surface area is 229 Å². The third kappa shape index (κ3) is 4.98. The maximum Gasteiger partial charge on any atom is 0.433 e. The summed E-state index contributed by atoms with van der Waals surface area (Å²) in [4.78, 5) is 30.3. The number of alkyl halides is 3. The van der Waals surface area contributed by atoms with Crippen molar-refractivity contribution in [2.75, 3.05) is 5.75 Å². The van der Waals surface area contributed by atoms with Gasteiger partial charge in [-0.05, 0) is 29.8 Å². The van der Waals surface area contributed by atoms with Gasteiger partial charge < -0.3 is 4.57 Å². The van der Waals surface area contributed by atoms with Crippen molar-refractivity contribution in [2.24, 2.45) is 7.05 Å². The van der Waals surface area contributed by atoms with Gasteiger partial charge in [0, 0.05) is 18.3 Å². The number of hydroxylamine groups is 1. The lowest BCUT2D eigenvalue weighted by Gasteiger charge is -2.07. The van der Waals surface area contributed by atoms with E-state index in [-0.39, 0.29) is 46.1 Å². The summed E-state index contributed by atoms with van der Waals surface area (Å²) in [6.07, 6.45) is -2.44. The smallest absolute Gasteiger partial charge is 0.326 e. The van der Waals surface area contributed by atoms with Gasteiger partial charge >= 0.3 is 6.18 Å². The standard InChI is InChI=1S/C24H19ClF3N7O4S/c1-3-40(37,38)23-19(21-31-15-10-18(24(26,27)28)30-11-17(15)34(21)2)20-29-9-8-16(35(20)32-23)22(36)33-39-12-13-4-6-14(25)7-5-13/h4-11H,3,12H2,1-2H3,(H,33,36). The molecule has 0 aliphatic carbocycles. The first kappa shape index (κ1) is 27.5. The molecule has 0 aliphatic rings. The summed E-state index contributed by atoms with van der Waals surface area (Å²) >= 11 is 5.87. The maximum atomic E-state index is 13.2. The number of halogens is 4. The van der Waals surface area contributed by atoms with E-state index in [9.17, 15) is 26.4 Å². The van der Waals surface area contributed by atoms with Crippen molar-refractivity contribution in [3.63, 3.8) is 0 Å². The van der Waals surface area contributed by atoms with Gasteiger partial charge in [-0.3, -0.25) is 9.63 Å². The molecular formula is C24H19ClF3N7O4S. The number of aryl methyl sites for hydroxylation is 1. The molecule has 11 nitrogen and oxygen atoms in total. The van der Waals surface area contributed by atoms with Crippen LogP contribution >= 0.6 is 11.6 Å². The van der Waals surface area contributed by atoms with Crippen LogP contribution in [-0.4, -0.2) is 49.2 Å². The van der Waals surface area contributed by atoms with E-state index in [2.05, 4.69) is 25.5 Å². The molecule has 0 unspecified atom stereocenters. The van der Waals surface area contributed by atoms with Crippen LogP contribution in [0.5, 0.6) is 0 Å². The minimum atomic E-state index is -4.70. The third-order valence-corrected chi connectivity index (χ3v) is 7.88. The van der Waals surface area contributed by atoms with E-state index in [1.54, 1.807) is 24.3 Å². The molecule has 16 heteroatoms. The van der Waals surface area contributed by atoms with Crippen molar-refractivity contribution in [1.82, 2.24) is 34.6 Å². The highest BCUT2D eigenvalue weighted by Crippen LogP contribution is 2.34. The van der Waals surface area contributed by atoms with Crippen LogP contribution in [0.15, 0.2) is 53.8 Å². The molecule has 0 saturated carbocycles. The summed E-state index contributed by atoms with van der Waals surface area (Å²) in [6, 6.07) is 8.83.